The van der Waals surface area contributed by atoms with Crippen LogP contribution in [0.1, 0.15) is 51.5 Å². The van der Waals surface area contributed by atoms with Gasteiger partial charge in [0, 0.05) is 41.9 Å². The maximum atomic E-state index is 6.44. The van der Waals surface area contributed by atoms with Crippen LogP contribution in [0.15, 0.2) is 18.2 Å². The van der Waals surface area contributed by atoms with Crippen LogP contribution in [0, 0.1) is 0 Å². The van der Waals surface area contributed by atoms with Crippen LogP contribution >= 0.6 is 11.6 Å². The molecule has 0 radical (unpaired) electrons. The molecule has 1 saturated heterocycles. The Bertz CT molecular complexity index is 409. The number of anilines is 1. The summed E-state index contributed by atoms with van der Waals surface area (Å²) in [5.74, 6) is 0. The average Bonchev–Trinajstić information content (AvgIpc) is 2.36. The van der Waals surface area contributed by atoms with Crippen molar-refractivity contribution in [2.24, 2.45) is 0 Å². The first-order valence-corrected chi connectivity index (χ1v) is 8.32. The highest BCUT2D eigenvalue weighted by atomic mass is 35.5. The van der Waals surface area contributed by atoms with Gasteiger partial charge in [0.2, 0.25) is 0 Å². The lowest BCUT2D eigenvalue weighted by Gasteiger charge is -2.29. The first-order chi connectivity index (χ1) is 9.68. The van der Waals surface area contributed by atoms with Crippen LogP contribution in [-0.2, 0) is 6.54 Å². The molecule has 1 aromatic carbocycles. The van der Waals surface area contributed by atoms with Crippen LogP contribution in [0.2, 0.25) is 5.02 Å². The average molecular weight is 295 g/mol. The highest BCUT2D eigenvalue weighted by Gasteiger charge is 2.15. The molecule has 0 spiro atoms. The molecule has 2 rings (SSSR count). The lowest BCUT2D eigenvalue weighted by atomic mass is 10.1. The fraction of sp³-hybridized carbons (Fsp3) is 0.647. The molecule has 112 valence electrons. The molecule has 3 heteroatoms. The third-order valence-corrected chi connectivity index (χ3v) is 4.33. The number of hydrogen-bond acceptors (Lipinski definition) is 2. The Kier molecular flexibility index (Phi) is 6.18. The van der Waals surface area contributed by atoms with Gasteiger partial charge < -0.3 is 10.2 Å². The molecule has 20 heavy (non-hydrogen) atoms. The Labute approximate surface area is 128 Å². The molecule has 0 bridgehead atoms. The zero-order chi connectivity index (χ0) is 14.4. The van der Waals surface area contributed by atoms with Gasteiger partial charge >= 0.3 is 0 Å². The van der Waals surface area contributed by atoms with E-state index in [1.165, 1.54) is 43.4 Å². The van der Waals surface area contributed by atoms with E-state index < -0.39 is 0 Å². The van der Waals surface area contributed by atoms with Crippen molar-refractivity contribution in [2.75, 3.05) is 18.0 Å². The predicted octanol–water partition coefficient (Wildman–Crippen LogP) is 4.61. The molecule has 1 heterocycles. The molecule has 1 aromatic rings. The van der Waals surface area contributed by atoms with Gasteiger partial charge in [-0.25, -0.2) is 0 Å². The Morgan fingerprint density at radius 2 is 1.75 bits per heavy atom. The standard InChI is InChI=1S/C17H27ClN2/c1-14(2)19-13-15-16(18)9-8-10-17(15)20-11-6-4-3-5-7-12-20/h8-10,14,19H,3-7,11-13H2,1-2H3. The van der Waals surface area contributed by atoms with Crippen molar-refractivity contribution >= 4 is 17.3 Å². The normalized spacial score (nSPS) is 17.1. The molecule has 1 N–H and O–H groups in total. The summed E-state index contributed by atoms with van der Waals surface area (Å²) in [5.41, 5.74) is 2.58. The van der Waals surface area contributed by atoms with Crippen molar-refractivity contribution < 1.29 is 0 Å². The maximum absolute atomic E-state index is 6.44. The summed E-state index contributed by atoms with van der Waals surface area (Å²) in [4.78, 5) is 2.53. The van der Waals surface area contributed by atoms with Crippen molar-refractivity contribution in [1.29, 1.82) is 0 Å². The van der Waals surface area contributed by atoms with E-state index in [2.05, 4.69) is 36.2 Å². The van der Waals surface area contributed by atoms with Crippen LogP contribution < -0.4 is 10.2 Å². The van der Waals surface area contributed by atoms with Gasteiger partial charge in [-0.05, 0) is 25.0 Å². The molecule has 0 saturated carbocycles. The lowest BCUT2D eigenvalue weighted by molar-refractivity contribution is 0.552. The maximum Gasteiger partial charge on any atom is 0.0471 e. The number of hydrogen-bond donors (Lipinski definition) is 1. The van der Waals surface area contributed by atoms with E-state index in [-0.39, 0.29) is 0 Å². The molecule has 0 aliphatic carbocycles. The summed E-state index contributed by atoms with van der Waals surface area (Å²) >= 11 is 6.44. The summed E-state index contributed by atoms with van der Waals surface area (Å²) in [6, 6.07) is 6.79. The smallest absolute Gasteiger partial charge is 0.0471 e. The molecular weight excluding hydrogens is 268 g/mol. The van der Waals surface area contributed by atoms with Crippen LogP contribution in [0.5, 0.6) is 0 Å². The number of halogens is 1. The number of nitrogens with one attached hydrogen (secondary N) is 1. The van der Waals surface area contributed by atoms with Crippen LogP contribution in [-0.4, -0.2) is 19.1 Å². The van der Waals surface area contributed by atoms with Crippen LogP contribution in [0.25, 0.3) is 0 Å². The Balaban J connectivity index is 2.17. The van der Waals surface area contributed by atoms with Gasteiger partial charge in [-0.15, -0.1) is 0 Å². The SMILES string of the molecule is CC(C)NCc1c(Cl)cccc1N1CCCCCCC1. The van der Waals surface area contributed by atoms with E-state index in [4.69, 9.17) is 11.6 Å². The van der Waals surface area contributed by atoms with Crippen molar-refractivity contribution in [2.45, 2.75) is 58.5 Å². The zero-order valence-electron chi connectivity index (χ0n) is 12.8. The second kappa shape index (κ2) is 7.90. The van der Waals surface area contributed by atoms with Gasteiger partial charge in [-0.1, -0.05) is 50.8 Å². The zero-order valence-corrected chi connectivity index (χ0v) is 13.5. The molecule has 1 aliphatic rings. The summed E-state index contributed by atoms with van der Waals surface area (Å²) < 4.78 is 0. The third kappa shape index (κ3) is 4.39. The topological polar surface area (TPSA) is 15.3 Å². The summed E-state index contributed by atoms with van der Waals surface area (Å²) in [5, 5.41) is 4.39. The summed E-state index contributed by atoms with van der Waals surface area (Å²) in [6.07, 6.45) is 6.70. The van der Waals surface area contributed by atoms with Gasteiger partial charge in [0.25, 0.3) is 0 Å². The summed E-state index contributed by atoms with van der Waals surface area (Å²) in [6.45, 7) is 7.52. The predicted molar refractivity (Wildman–Crippen MR) is 88.7 cm³/mol. The molecule has 2 nitrogen and oxygen atoms in total. The number of nitrogens with zero attached hydrogens (tertiary/aromatic N) is 1. The third-order valence-electron chi connectivity index (χ3n) is 3.98. The molecule has 1 fully saturated rings. The molecular formula is C17H27ClN2. The van der Waals surface area contributed by atoms with E-state index in [1.54, 1.807) is 0 Å². The Morgan fingerprint density at radius 1 is 1.10 bits per heavy atom. The second-order valence-electron chi connectivity index (χ2n) is 6.03. The second-order valence-corrected chi connectivity index (χ2v) is 6.44. The quantitative estimate of drug-likeness (QED) is 0.872. The van der Waals surface area contributed by atoms with Crippen molar-refractivity contribution in [1.82, 2.24) is 5.32 Å². The summed E-state index contributed by atoms with van der Waals surface area (Å²) in [7, 11) is 0. The van der Waals surface area contributed by atoms with Gasteiger partial charge in [-0.2, -0.15) is 0 Å². The van der Waals surface area contributed by atoms with E-state index >= 15 is 0 Å². The van der Waals surface area contributed by atoms with Gasteiger partial charge in [0.05, 0.1) is 0 Å². The van der Waals surface area contributed by atoms with E-state index in [0.29, 0.717) is 6.04 Å². The highest BCUT2D eigenvalue weighted by Crippen LogP contribution is 2.29. The van der Waals surface area contributed by atoms with Crippen molar-refractivity contribution in [3.8, 4) is 0 Å². The van der Waals surface area contributed by atoms with E-state index in [0.717, 1.165) is 24.7 Å². The first-order valence-electron chi connectivity index (χ1n) is 7.94. The van der Waals surface area contributed by atoms with E-state index in [9.17, 15) is 0 Å². The molecule has 0 aromatic heterocycles. The van der Waals surface area contributed by atoms with E-state index in [1.807, 2.05) is 6.07 Å². The van der Waals surface area contributed by atoms with Crippen LogP contribution in [0.3, 0.4) is 0 Å². The fourth-order valence-corrected chi connectivity index (χ4v) is 3.05. The number of rotatable bonds is 4. The molecule has 0 amide bonds. The minimum atomic E-state index is 0.478. The monoisotopic (exact) mass is 294 g/mol. The highest BCUT2D eigenvalue weighted by molar-refractivity contribution is 6.31. The lowest BCUT2D eigenvalue weighted by Crippen LogP contribution is -2.29. The van der Waals surface area contributed by atoms with Gasteiger partial charge in [0.1, 0.15) is 0 Å². The molecule has 0 unspecified atom stereocenters. The fourth-order valence-electron chi connectivity index (χ4n) is 2.81. The van der Waals surface area contributed by atoms with Crippen molar-refractivity contribution in [3.05, 3.63) is 28.8 Å². The Morgan fingerprint density at radius 3 is 2.40 bits per heavy atom. The van der Waals surface area contributed by atoms with Crippen LogP contribution in [0.4, 0.5) is 5.69 Å². The first kappa shape index (κ1) is 15.7. The van der Waals surface area contributed by atoms with Gasteiger partial charge in [0.15, 0.2) is 0 Å². The van der Waals surface area contributed by atoms with Gasteiger partial charge in [-0.3, -0.25) is 0 Å². The Hall–Kier alpha value is -0.730. The minimum absolute atomic E-state index is 0.478. The van der Waals surface area contributed by atoms with Crippen molar-refractivity contribution in [3.63, 3.8) is 0 Å². The number of benzene rings is 1. The largest absolute Gasteiger partial charge is 0.371 e. The minimum Gasteiger partial charge on any atom is -0.371 e. The molecule has 0 atom stereocenters. The molecule has 1 aliphatic heterocycles.